The normalized spacial score (nSPS) is 21.9. The molecule has 0 bridgehead atoms. The number of nitro benzene ring substituents is 1. The molecular weight excluding hydrogens is 372 g/mol. The number of anilines is 1. The van der Waals surface area contributed by atoms with E-state index in [-0.39, 0.29) is 25.2 Å². The summed E-state index contributed by atoms with van der Waals surface area (Å²) in [7, 11) is 4.19. The highest BCUT2D eigenvalue weighted by atomic mass is 16.7. The molecule has 0 aromatic heterocycles. The molecule has 1 aromatic carbocycles. The van der Waals surface area contributed by atoms with Gasteiger partial charge in [0.05, 0.1) is 11.5 Å². The van der Waals surface area contributed by atoms with Crippen molar-refractivity contribution in [3.63, 3.8) is 0 Å². The molecular formula is C17H20N4O7. The van der Waals surface area contributed by atoms with Gasteiger partial charge in [-0.05, 0) is 18.1 Å². The number of amides is 4. The Balaban J connectivity index is 2.10. The number of nitro groups is 1. The number of carbonyl (C=O) groups excluding carboxylic acids is 3. The van der Waals surface area contributed by atoms with Crippen LogP contribution in [0.15, 0.2) is 18.2 Å². The zero-order valence-electron chi connectivity index (χ0n) is 15.6. The molecule has 0 saturated carbocycles. The molecule has 1 atom stereocenters. The zero-order valence-corrected chi connectivity index (χ0v) is 15.6. The minimum atomic E-state index is -1.59. The van der Waals surface area contributed by atoms with Gasteiger partial charge in [-0.3, -0.25) is 29.9 Å². The Bertz CT molecular complexity index is 854. The van der Waals surface area contributed by atoms with E-state index in [1.165, 1.54) is 33.4 Å². The number of hydrogen-bond acceptors (Lipinski definition) is 8. The number of urea groups is 1. The van der Waals surface area contributed by atoms with E-state index in [2.05, 4.69) is 5.32 Å². The zero-order chi connectivity index (χ0) is 20.6. The molecule has 1 unspecified atom stereocenters. The molecule has 1 aromatic rings. The Labute approximate surface area is 160 Å². The maximum Gasteiger partial charge on any atom is 0.330 e. The first-order chi connectivity index (χ1) is 13.2. The number of fused-ring (bicyclic) bond motifs is 1. The largest absolute Gasteiger partial charge is 0.365 e. The van der Waals surface area contributed by atoms with Gasteiger partial charge in [0.2, 0.25) is 11.8 Å². The number of nitrogens with zero attached hydrogens (tertiary/aromatic N) is 3. The van der Waals surface area contributed by atoms with Crippen molar-refractivity contribution < 1.29 is 28.8 Å². The summed E-state index contributed by atoms with van der Waals surface area (Å²) >= 11 is 0. The van der Waals surface area contributed by atoms with E-state index in [1.807, 2.05) is 0 Å². The summed E-state index contributed by atoms with van der Waals surface area (Å²) in [6.07, 6.45) is -0.715. The van der Waals surface area contributed by atoms with E-state index in [4.69, 9.17) is 9.47 Å². The van der Waals surface area contributed by atoms with E-state index in [1.54, 1.807) is 11.0 Å². The van der Waals surface area contributed by atoms with Crippen molar-refractivity contribution in [2.24, 2.45) is 5.41 Å². The van der Waals surface area contributed by atoms with Crippen LogP contribution in [0.1, 0.15) is 5.56 Å². The molecule has 3 rings (SSSR count). The SMILES string of the molecule is COC(CN1CC2(Cc3cc([N+](=O)[O-])ccc31)C(=O)NC(=O)N(C)C2=O)OC. The van der Waals surface area contributed by atoms with Crippen LogP contribution in [0.4, 0.5) is 16.2 Å². The molecule has 2 aliphatic heterocycles. The molecule has 1 saturated heterocycles. The smallest absolute Gasteiger partial charge is 0.330 e. The number of nitrogens with one attached hydrogen (secondary N) is 1. The van der Waals surface area contributed by atoms with Crippen molar-refractivity contribution in [2.45, 2.75) is 12.7 Å². The summed E-state index contributed by atoms with van der Waals surface area (Å²) in [6, 6.07) is 3.47. The third kappa shape index (κ3) is 3.08. The van der Waals surface area contributed by atoms with Crippen LogP contribution in [0, 0.1) is 15.5 Å². The van der Waals surface area contributed by atoms with Crippen LogP contribution in [0.2, 0.25) is 0 Å². The predicted octanol–water partition coefficient (Wildman–Crippen LogP) is 0.271. The number of rotatable bonds is 5. The van der Waals surface area contributed by atoms with Crippen LogP contribution in [-0.2, 0) is 25.5 Å². The molecule has 1 N–H and O–H groups in total. The fraction of sp³-hybridized carbons (Fsp3) is 0.471. The number of barbiturate groups is 1. The van der Waals surface area contributed by atoms with Crippen LogP contribution in [-0.4, -0.2) is 68.3 Å². The van der Waals surface area contributed by atoms with Crippen molar-refractivity contribution in [2.75, 3.05) is 39.3 Å². The number of carbonyl (C=O) groups is 3. The van der Waals surface area contributed by atoms with Gasteiger partial charge in [-0.25, -0.2) is 4.79 Å². The summed E-state index contributed by atoms with van der Waals surface area (Å²) in [4.78, 5) is 50.7. The molecule has 11 nitrogen and oxygen atoms in total. The summed E-state index contributed by atoms with van der Waals surface area (Å²) in [5.74, 6) is -1.39. The molecule has 2 aliphatic rings. The van der Waals surface area contributed by atoms with Gasteiger partial charge in [-0.1, -0.05) is 0 Å². The van der Waals surface area contributed by atoms with E-state index < -0.39 is 34.5 Å². The Morgan fingerprint density at radius 1 is 1.29 bits per heavy atom. The van der Waals surface area contributed by atoms with Crippen molar-refractivity contribution >= 4 is 29.2 Å². The summed E-state index contributed by atoms with van der Waals surface area (Å²) in [5, 5.41) is 13.4. The topological polar surface area (TPSA) is 131 Å². The predicted molar refractivity (Wildman–Crippen MR) is 95.6 cm³/mol. The minimum absolute atomic E-state index is 0.0245. The Morgan fingerprint density at radius 3 is 2.57 bits per heavy atom. The van der Waals surface area contributed by atoms with Gasteiger partial charge in [0.25, 0.3) is 5.69 Å². The molecule has 4 amide bonds. The molecule has 0 radical (unpaired) electrons. The molecule has 150 valence electrons. The lowest BCUT2D eigenvalue weighted by Crippen LogP contribution is -2.68. The van der Waals surface area contributed by atoms with E-state index in [0.29, 0.717) is 11.3 Å². The number of ether oxygens (including phenoxy) is 2. The minimum Gasteiger partial charge on any atom is -0.365 e. The third-order valence-corrected chi connectivity index (χ3v) is 5.14. The van der Waals surface area contributed by atoms with Crippen molar-refractivity contribution in [3.8, 4) is 0 Å². The quantitative estimate of drug-likeness (QED) is 0.327. The Hall–Kier alpha value is -3.05. The third-order valence-electron chi connectivity index (χ3n) is 5.14. The van der Waals surface area contributed by atoms with Crippen LogP contribution >= 0.6 is 0 Å². The first-order valence-corrected chi connectivity index (χ1v) is 8.45. The second-order valence-electron chi connectivity index (χ2n) is 6.73. The van der Waals surface area contributed by atoms with Gasteiger partial charge in [-0.15, -0.1) is 0 Å². The molecule has 28 heavy (non-hydrogen) atoms. The highest BCUT2D eigenvalue weighted by molar-refractivity contribution is 6.19. The lowest BCUT2D eigenvalue weighted by molar-refractivity contribution is -0.384. The van der Waals surface area contributed by atoms with Gasteiger partial charge >= 0.3 is 6.03 Å². The number of hydrogen-bond donors (Lipinski definition) is 1. The highest BCUT2D eigenvalue weighted by Gasteiger charge is 2.56. The van der Waals surface area contributed by atoms with E-state index >= 15 is 0 Å². The Morgan fingerprint density at radius 2 is 1.96 bits per heavy atom. The number of methoxy groups -OCH3 is 2. The second kappa shape index (κ2) is 7.17. The molecule has 1 spiro atoms. The monoisotopic (exact) mass is 392 g/mol. The fourth-order valence-electron chi connectivity index (χ4n) is 3.62. The van der Waals surface area contributed by atoms with Gasteiger partial charge in [0.1, 0.15) is 5.41 Å². The molecule has 11 heteroatoms. The van der Waals surface area contributed by atoms with Gasteiger partial charge in [0, 0.05) is 45.6 Å². The van der Waals surface area contributed by atoms with Crippen LogP contribution < -0.4 is 10.2 Å². The fourth-order valence-corrected chi connectivity index (χ4v) is 3.62. The van der Waals surface area contributed by atoms with Crippen LogP contribution in [0.5, 0.6) is 0 Å². The number of imide groups is 2. The second-order valence-corrected chi connectivity index (χ2v) is 6.73. The van der Waals surface area contributed by atoms with Gasteiger partial charge < -0.3 is 14.4 Å². The summed E-state index contributed by atoms with van der Waals surface area (Å²) in [6.45, 7) is 0.154. The molecule has 0 aliphatic carbocycles. The van der Waals surface area contributed by atoms with E-state index in [0.717, 1.165) is 4.90 Å². The lowest BCUT2D eigenvalue weighted by atomic mass is 9.74. The molecule has 2 heterocycles. The summed E-state index contributed by atoms with van der Waals surface area (Å²) in [5.41, 5.74) is -0.649. The van der Waals surface area contributed by atoms with E-state index in [9.17, 15) is 24.5 Å². The molecule has 1 fully saturated rings. The first kappa shape index (κ1) is 19.7. The lowest BCUT2D eigenvalue weighted by Gasteiger charge is -2.45. The maximum absolute atomic E-state index is 12.9. The van der Waals surface area contributed by atoms with Crippen LogP contribution in [0.25, 0.3) is 0 Å². The average molecular weight is 392 g/mol. The van der Waals surface area contributed by atoms with Crippen molar-refractivity contribution in [3.05, 3.63) is 33.9 Å². The maximum atomic E-state index is 12.9. The highest BCUT2D eigenvalue weighted by Crippen LogP contribution is 2.41. The van der Waals surface area contributed by atoms with Gasteiger partial charge in [-0.2, -0.15) is 0 Å². The Kier molecular flexibility index (Phi) is 5.04. The van der Waals surface area contributed by atoms with Crippen molar-refractivity contribution in [1.82, 2.24) is 10.2 Å². The standard InChI is InChI=1S/C17H20N4O7/c1-19-15(23)17(14(22)18-16(19)24)7-10-6-11(21(25)26)4-5-12(10)20(9-17)8-13(27-2)28-3/h4-6,13H,7-9H2,1-3H3,(H,18,22,24). The first-order valence-electron chi connectivity index (χ1n) is 8.45. The van der Waals surface area contributed by atoms with Crippen LogP contribution in [0.3, 0.4) is 0 Å². The van der Waals surface area contributed by atoms with Gasteiger partial charge in [0.15, 0.2) is 6.29 Å². The van der Waals surface area contributed by atoms with Crippen molar-refractivity contribution in [1.29, 1.82) is 0 Å². The average Bonchev–Trinajstić information content (AvgIpc) is 2.68. The number of non-ortho nitro benzene ring substituents is 1. The number of benzene rings is 1. The summed E-state index contributed by atoms with van der Waals surface area (Å²) < 4.78 is 10.4.